The molecule has 8 nitrogen and oxygen atoms in total. The van der Waals surface area contributed by atoms with Gasteiger partial charge in [0, 0.05) is 13.6 Å². The summed E-state index contributed by atoms with van der Waals surface area (Å²) >= 11 is 0. The number of hydrogen-bond acceptors (Lipinski definition) is 5. The summed E-state index contributed by atoms with van der Waals surface area (Å²) in [6.07, 6.45) is 0. The first-order valence-electron chi connectivity index (χ1n) is 12.5. The highest BCUT2D eigenvalue weighted by Crippen LogP contribution is 2.27. The van der Waals surface area contributed by atoms with E-state index in [9.17, 15) is 18.0 Å². The number of nitrogens with zero attached hydrogens (tertiary/aromatic N) is 2. The van der Waals surface area contributed by atoms with Crippen LogP contribution in [0.3, 0.4) is 0 Å². The fraction of sp³-hybridized carbons (Fsp3) is 0.310. The maximum Gasteiger partial charge on any atom is 0.264 e. The molecule has 0 saturated carbocycles. The molecule has 2 amide bonds. The van der Waals surface area contributed by atoms with Gasteiger partial charge in [-0.05, 0) is 75.2 Å². The van der Waals surface area contributed by atoms with Crippen molar-refractivity contribution >= 4 is 27.5 Å². The number of aryl methyl sites for hydroxylation is 2. The van der Waals surface area contributed by atoms with Crippen molar-refractivity contribution < 1.29 is 22.7 Å². The number of amides is 2. The molecule has 0 unspecified atom stereocenters. The van der Waals surface area contributed by atoms with E-state index in [1.807, 2.05) is 45.0 Å². The Balaban J connectivity index is 2.04. The maximum absolute atomic E-state index is 13.8. The van der Waals surface area contributed by atoms with E-state index in [0.29, 0.717) is 18.0 Å². The molecular weight excluding hydrogens is 502 g/mol. The fourth-order valence-corrected chi connectivity index (χ4v) is 5.42. The standard InChI is InChI=1S/C29H35N3O5S/c1-6-37-26-15-13-25(14-16-26)32(38(35,36)27-17-11-21(2)12-18-27)20-28(33)31(23(4)29(34)30-5)19-24-10-8-7-9-22(24)3/h7-18,23H,6,19-20H2,1-5H3,(H,30,34)/t23-/m1/s1. The molecule has 0 radical (unpaired) electrons. The molecule has 0 fully saturated rings. The van der Waals surface area contributed by atoms with Gasteiger partial charge in [0.25, 0.3) is 10.0 Å². The van der Waals surface area contributed by atoms with Crippen molar-refractivity contribution in [1.29, 1.82) is 0 Å². The van der Waals surface area contributed by atoms with Gasteiger partial charge in [-0.3, -0.25) is 13.9 Å². The van der Waals surface area contributed by atoms with Gasteiger partial charge in [-0.15, -0.1) is 0 Å². The minimum absolute atomic E-state index is 0.0644. The summed E-state index contributed by atoms with van der Waals surface area (Å²) in [6, 6.07) is 19.8. The van der Waals surface area contributed by atoms with E-state index in [-0.39, 0.29) is 17.3 Å². The fourth-order valence-electron chi connectivity index (χ4n) is 4.00. The Bertz CT molecular complexity index is 1360. The first-order chi connectivity index (χ1) is 18.1. The predicted octanol–water partition coefficient (Wildman–Crippen LogP) is 4.06. The van der Waals surface area contributed by atoms with Crippen LogP contribution in [-0.4, -0.2) is 51.4 Å². The van der Waals surface area contributed by atoms with Crippen molar-refractivity contribution in [1.82, 2.24) is 10.2 Å². The average molecular weight is 538 g/mol. The van der Waals surface area contributed by atoms with Gasteiger partial charge in [-0.1, -0.05) is 42.0 Å². The number of sulfonamides is 1. The smallest absolute Gasteiger partial charge is 0.264 e. The highest BCUT2D eigenvalue weighted by atomic mass is 32.2. The van der Waals surface area contributed by atoms with Crippen molar-refractivity contribution in [3.8, 4) is 5.75 Å². The second-order valence-corrected chi connectivity index (χ2v) is 10.9. The third kappa shape index (κ3) is 6.72. The highest BCUT2D eigenvalue weighted by molar-refractivity contribution is 7.92. The first kappa shape index (κ1) is 28.7. The van der Waals surface area contributed by atoms with Crippen molar-refractivity contribution in [2.24, 2.45) is 0 Å². The zero-order chi connectivity index (χ0) is 27.9. The summed E-state index contributed by atoms with van der Waals surface area (Å²) in [5.41, 5.74) is 3.05. The molecule has 0 aliphatic heterocycles. The SMILES string of the molecule is CCOc1ccc(N(CC(=O)N(Cc2ccccc2C)[C@H](C)C(=O)NC)S(=O)(=O)c2ccc(C)cc2)cc1. The first-order valence-corrected chi connectivity index (χ1v) is 13.9. The number of rotatable bonds is 11. The number of nitrogens with one attached hydrogen (secondary N) is 1. The van der Waals surface area contributed by atoms with Crippen LogP contribution in [0.1, 0.15) is 30.5 Å². The summed E-state index contributed by atoms with van der Waals surface area (Å²) in [5, 5.41) is 2.59. The largest absolute Gasteiger partial charge is 0.494 e. The van der Waals surface area contributed by atoms with Crippen LogP contribution in [0.2, 0.25) is 0 Å². The summed E-state index contributed by atoms with van der Waals surface area (Å²) in [4.78, 5) is 27.9. The average Bonchev–Trinajstić information content (AvgIpc) is 2.91. The third-order valence-electron chi connectivity index (χ3n) is 6.34. The van der Waals surface area contributed by atoms with Crippen LogP contribution < -0.4 is 14.4 Å². The van der Waals surface area contributed by atoms with Crippen molar-refractivity contribution in [2.45, 2.75) is 45.2 Å². The Morgan fingerprint density at radius 1 is 0.947 bits per heavy atom. The molecule has 38 heavy (non-hydrogen) atoms. The molecule has 3 aromatic rings. The summed E-state index contributed by atoms with van der Waals surface area (Å²) < 4.78 is 34.2. The van der Waals surface area contributed by atoms with Crippen LogP contribution in [-0.2, 0) is 26.2 Å². The highest BCUT2D eigenvalue weighted by Gasteiger charge is 2.32. The van der Waals surface area contributed by atoms with Crippen LogP contribution in [0.15, 0.2) is 77.7 Å². The summed E-state index contributed by atoms with van der Waals surface area (Å²) in [6.45, 7) is 7.42. The molecule has 0 spiro atoms. The van der Waals surface area contributed by atoms with E-state index < -0.39 is 28.5 Å². The van der Waals surface area contributed by atoms with Gasteiger partial charge >= 0.3 is 0 Å². The Hall–Kier alpha value is -3.85. The predicted molar refractivity (Wildman–Crippen MR) is 149 cm³/mol. The van der Waals surface area contributed by atoms with E-state index in [4.69, 9.17) is 4.74 Å². The molecule has 0 saturated heterocycles. The van der Waals surface area contributed by atoms with Gasteiger partial charge in [0.1, 0.15) is 18.3 Å². The lowest BCUT2D eigenvalue weighted by atomic mass is 10.1. The van der Waals surface area contributed by atoms with Crippen LogP contribution in [0.5, 0.6) is 5.75 Å². The maximum atomic E-state index is 13.8. The molecule has 1 atom stereocenters. The van der Waals surface area contributed by atoms with E-state index >= 15 is 0 Å². The molecule has 202 valence electrons. The second kappa shape index (κ2) is 12.6. The molecule has 9 heteroatoms. The van der Waals surface area contributed by atoms with Crippen molar-refractivity contribution in [3.63, 3.8) is 0 Å². The van der Waals surface area contributed by atoms with E-state index in [0.717, 1.165) is 21.0 Å². The number of carbonyl (C=O) groups is 2. The van der Waals surface area contributed by atoms with E-state index in [1.165, 1.54) is 24.1 Å². The van der Waals surface area contributed by atoms with Gasteiger partial charge in [0.15, 0.2) is 0 Å². The normalized spacial score (nSPS) is 11.9. The van der Waals surface area contributed by atoms with Crippen LogP contribution in [0, 0.1) is 13.8 Å². The van der Waals surface area contributed by atoms with Crippen molar-refractivity contribution in [2.75, 3.05) is 24.5 Å². The zero-order valence-corrected chi connectivity index (χ0v) is 23.3. The molecule has 0 bridgehead atoms. The lowest BCUT2D eigenvalue weighted by molar-refractivity contribution is -0.139. The molecular formula is C29H35N3O5S. The number of benzene rings is 3. The molecule has 3 rings (SSSR count). The van der Waals surface area contributed by atoms with Gasteiger partial charge < -0.3 is 15.0 Å². The van der Waals surface area contributed by atoms with E-state index in [2.05, 4.69) is 5.32 Å². The molecule has 1 N–H and O–H groups in total. The van der Waals surface area contributed by atoms with Crippen LogP contribution in [0.4, 0.5) is 5.69 Å². The monoisotopic (exact) mass is 537 g/mol. The number of likely N-dealkylation sites (N-methyl/N-ethyl adjacent to an activating group) is 1. The zero-order valence-electron chi connectivity index (χ0n) is 22.5. The molecule has 0 aromatic heterocycles. The summed E-state index contributed by atoms with van der Waals surface area (Å²) in [5.74, 6) is -0.264. The minimum Gasteiger partial charge on any atom is -0.494 e. The number of carbonyl (C=O) groups excluding carboxylic acids is 2. The Kier molecular flexibility index (Phi) is 9.52. The van der Waals surface area contributed by atoms with E-state index in [1.54, 1.807) is 43.3 Å². The number of ether oxygens (including phenoxy) is 1. The topological polar surface area (TPSA) is 96.0 Å². The molecule has 0 heterocycles. The minimum atomic E-state index is -4.11. The molecule has 3 aromatic carbocycles. The lowest BCUT2D eigenvalue weighted by Crippen LogP contribution is -2.50. The van der Waals surface area contributed by atoms with Gasteiger partial charge in [0.2, 0.25) is 11.8 Å². The number of hydrogen-bond donors (Lipinski definition) is 1. The Morgan fingerprint density at radius 2 is 1.58 bits per heavy atom. The van der Waals surface area contributed by atoms with Gasteiger partial charge in [-0.25, -0.2) is 8.42 Å². The Morgan fingerprint density at radius 3 is 2.16 bits per heavy atom. The number of anilines is 1. The summed E-state index contributed by atoms with van der Waals surface area (Å²) in [7, 11) is -2.61. The van der Waals surface area contributed by atoms with Crippen molar-refractivity contribution in [3.05, 3.63) is 89.5 Å². The van der Waals surface area contributed by atoms with Crippen LogP contribution in [0.25, 0.3) is 0 Å². The quantitative estimate of drug-likeness (QED) is 0.398. The van der Waals surface area contributed by atoms with Gasteiger partial charge in [0.05, 0.1) is 17.2 Å². The second-order valence-electron chi connectivity index (χ2n) is 8.99. The Labute approximate surface area is 225 Å². The van der Waals surface area contributed by atoms with Crippen LogP contribution >= 0.6 is 0 Å². The molecule has 0 aliphatic rings. The van der Waals surface area contributed by atoms with Gasteiger partial charge in [-0.2, -0.15) is 0 Å². The molecule has 0 aliphatic carbocycles. The lowest BCUT2D eigenvalue weighted by Gasteiger charge is -2.32. The third-order valence-corrected chi connectivity index (χ3v) is 8.13.